The molecule has 1 heteroatoms. The maximum Gasteiger partial charge on any atom is 0.0580 e. The van der Waals surface area contributed by atoms with Gasteiger partial charge in [0.1, 0.15) is 0 Å². The molecule has 5 aliphatic rings. The van der Waals surface area contributed by atoms with Gasteiger partial charge in [-0.2, -0.15) is 0 Å². The SMILES string of the molecule is CCCCC[C@H]1CC[C@H](C2C[C@H](O)CC3=CC[C@H]4[C@@H]5CC[C@H]([C@H](C)CCCC(C)C)[C@@]5(C)CC[C@@H]4[C@]32C)CC1. The average molecular weight is 539 g/mol. The molecule has 0 amide bonds. The highest BCUT2D eigenvalue weighted by molar-refractivity contribution is 5.27. The molecule has 0 spiro atoms. The van der Waals surface area contributed by atoms with Crippen molar-refractivity contribution in [1.82, 2.24) is 0 Å². The van der Waals surface area contributed by atoms with Crippen LogP contribution < -0.4 is 0 Å². The van der Waals surface area contributed by atoms with Gasteiger partial charge in [0.25, 0.3) is 0 Å². The fourth-order valence-corrected chi connectivity index (χ4v) is 12.1. The Hall–Kier alpha value is -0.300. The second kappa shape index (κ2) is 12.5. The molecule has 9 atom stereocenters. The van der Waals surface area contributed by atoms with Gasteiger partial charge in [-0.1, -0.05) is 111 Å². The Bertz CT molecular complexity index is 819. The Kier molecular flexibility index (Phi) is 9.68. The fourth-order valence-electron chi connectivity index (χ4n) is 12.1. The van der Waals surface area contributed by atoms with Crippen LogP contribution in [0.2, 0.25) is 0 Å². The molecule has 39 heavy (non-hydrogen) atoms. The molecule has 224 valence electrons. The summed E-state index contributed by atoms with van der Waals surface area (Å²) in [5.41, 5.74) is 2.61. The highest BCUT2D eigenvalue weighted by Gasteiger charge is 2.61. The van der Waals surface area contributed by atoms with E-state index in [2.05, 4.69) is 47.6 Å². The van der Waals surface area contributed by atoms with Crippen LogP contribution in [0, 0.1) is 64.1 Å². The van der Waals surface area contributed by atoms with Crippen molar-refractivity contribution in [2.45, 2.75) is 163 Å². The molecule has 1 unspecified atom stereocenters. The average Bonchev–Trinajstić information content (AvgIpc) is 3.26. The van der Waals surface area contributed by atoms with Crippen molar-refractivity contribution in [3.8, 4) is 0 Å². The van der Waals surface area contributed by atoms with Crippen LogP contribution in [-0.2, 0) is 0 Å². The zero-order valence-electron chi connectivity index (χ0n) is 27.0. The van der Waals surface area contributed by atoms with Gasteiger partial charge in [-0.3, -0.25) is 0 Å². The van der Waals surface area contributed by atoms with Crippen LogP contribution in [0.15, 0.2) is 11.6 Å². The monoisotopic (exact) mass is 539 g/mol. The molecular weight excluding hydrogens is 472 g/mol. The molecule has 4 saturated carbocycles. The lowest BCUT2D eigenvalue weighted by atomic mass is 9.43. The Morgan fingerprint density at radius 1 is 0.872 bits per heavy atom. The van der Waals surface area contributed by atoms with Crippen molar-refractivity contribution in [1.29, 1.82) is 0 Å². The number of aliphatic hydroxyl groups excluding tert-OH is 1. The summed E-state index contributed by atoms with van der Waals surface area (Å²) in [4.78, 5) is 0. The van der Waals surface area contributed by atoms with Crippen LogP contribution in [0.25, 0.3) is 0 Å². The van der Waals surface area contributed by atoms with Crippen LogP contribution in [0.5, 0.6) is 0 Å². The van der Waals surface area contributed by atoms with Crippen LogP contribution in [-0.4, -0.2) is 11.2 Å². The Morgan fingerprint density at radius 2 is 1.64 bits per heavy atom. The number of hydrogen-bond acceptors (Lipinski definition) is 1. The molecule has 5 rings (SSSR count). The van der Waals surface area contributed by atoms with Crippen LogP contribution in [0.3, 0.4) is 0 Å². The molecule has 0 aliphatic heterocycles. The first-order chi connectivity index (χ1) is 18.7. The molecule has 0 aromatic heterocycles. The first-order valence-electron chi connectivity index (χ1n) is 18.1. The van der Waals surface area contributed by atoms with E-state index in [-0.39, 0.29) is 6.10 Å². The van der Waals surface area contributed by atoms with Crippen molar-refractivity contribution < 1.29 is 5.11 Å². The van der Waals surface area contributed by atoms with Crippen molar-refractivity contribution in [3.63, 3.8) is 0 Å². The lowest BCUT2D eigenvalue weighted by Gasteiger charge is -2.62. The first kappa shape index (κ1) is 30.2. The Labute approximate surface area is 243 Å². The number of aliphatic hydroxyl groups is 1. The second-order valence-corrected chi connectivity index (χ2v) is 16.6. The summed E-state index contributed by atoms with van der Waals surface area (Å²) in [6.45, 7) is 15.2. The number of fused-ring (bicyclic) bond motifs is 5. The zero-order chi connectivity index (χ0) is 27.8. The molecule has 1 nitrogen and oxygen atoms in total. The van der Waals surface area contributed by atoms with Crippen LogP contribution in [0.4, 0.5) is 0 Å². The van der Waals surface area contributed by atoms with Crippen molar-refractivity contribution in [2.24, 2.45) is 64.1 Å². The molecule has 1 N–H and O–H groups in total. The van der Waals surface area contributed by atoms with Gasteiger partial charge < -0.3 is 5.11 Å². The van der Waals surface area contributed by atoms with Gasteiger partial charge in [0, 0.05) is 0 Å². The lowest BCUT2D eigenvalue weighted by Crippen LogP contribution is -2.55. The van der Waals surface area contributed by atoms with E-state index in [4.69, 9.17) is 0 Å². The molecular formula is C38H66O. The molecule has 4 fully saturated rings. The van der Waals surface area contributed by atoms with Crippen molar-refractivity contribution in [2.75, 3.05) is 0 Å². The van der Waals surface area contributed by atoms with E-state index in [1.54, 1.807) is 5.57 Å². The molecule has 0 heterocycles. The van der Waals surface area contributed by atoms with E-state index in [0.29, 0.717) is 16.7 Å². The summed E-state index contributed by atoms with van der Waals surface area (Å²) >= 11 is 0. The molecule has 0 aromatic carbocycles. The van der Waals surface area contributed by atoms with Gasteiger partial charge >= 0.3 is 0 Å². The van der Waals surface area contributed by atoms with E-state index in [9.17, 15) is 5.11 Å². The predicted molar refractivity (Wildman–Crippen MR) is 168 cm³/mol. The van der Waals surface area contributed by atoms with Crippen molar-refractivity contribution >= 4 is 0 Å². The van der Waals surface area contributed by atoms with E-state index in [0.717, 1.165) is 60.2 Å². The van der Waals surface area contributed by atoms with Gasteiger partial charge in [0.15, 0.2) is 0 Å². The van der Waals surface area contributed by atoms with Gasteiger partial charge in [-0.15, -0.1) is 0 Å². The number of hydrogen-bond donors (Lipinski definition) is 1. The number of allylic oxidation sites excluding steroid dienone is 1. The molecule has 0 aromatic rings. The van der Waals surface area contributed by atoms with Crippen LogP contribution in [0.1, 0.15) is 157 Å². The fraction of sp³-hybridized carbons (Fsp3) is 0.947. The van der Waals surface area contributed by atoms with E-state index in [1.165, 1.54) is 103 Å². The van der Waals surface area contributed by atoms with Crippen molar-refractivity contribution in [3.05, 3.63) is 11.6 Å². The Balaban J connectivity index is 1.30. The topological polar surface area (TPSA) is 20.2 Å². The number of rotatable bonds is 10. The highest BCUT2D eigenvalue weighted by Crippen LogP contribution is 2.69. The Morgan fingerprint density at radius 3 is 2.36 bits per heavy atom. The maximum atomic E-state index is 11.1. The molecule has 0 radical (unpaired) electrons. The van der Waals surface area contributed by atoms with Gasteiger partial charge in [-0.05, 0) is 122 Å². The summed E-state index contributed by atoms with van der Waals surface area (Å²) in [6, 6.07) is 0. The largest absolute Gasteiger partial charge is 0.393 e. The quantitative estimate of drug-likeness (QED) is 0.216. The third-order valence-electron chi connectivity index (χ3n) is 14.2. The van der Waals surface area contributed by atoms with Crippen LogP contribution >= 0.6 is 0 Å². The van der Waals surface area contributed by atoms with E-state index in [1.807, 2.05) is 0 Å². The van der Waals surface area contributed by atoms with E-state index < -0.39 is 0 Å². The zero-order valence-corrected chi connectivity index (χ0v) is 27.0. The summed E-state index contributed by atoms with van der Waals surface area (Å²) in [7, 11) is 0. The second-order valence-electron chi connectivity index (χ2n) is 16.6. The summed E-state index contributed by atoms with van der Waals surface area (Å²) in [6.07, 6.45) is 27.6. The first-order valence-corrected chi connectivity index (χ1v) is 18.1. The molecule has 0 saturated heterocycles. The van der Waals surface area contributed by atoms with Gasteiger partial charge in [0.05, 0.1) is 6.10 Å². The number of unbranched alkanes of at least 4 members (excludes halogenated alkanes) is 2. The van der Waals surface area contributed by atoms with E-state index >= 15 is 0 Å². The molecule has 5 aliphatic carbocycles. The molecule has 0 bridgehead atoms. The minimum atomic E-state index is -0.0930. The predicted octanol–water partition coefficient (Wildman–Crippen LogP) is 11.0. The smallest absolute Gasteiger partial charge is 0.0580 e. The van der Waals surface area contributed by atoms with Gasteiger partial charge in [0.2, 0.25) is 0 Å². The third-order valence-corrected chi connectivity index (χ3v) is 14.2. The summed E-state index contributed by atoms with van der Waals surface area (Å²) in [5.74, 6) is 7.93. The maximum absolute atomic E-state index is 11.1. The third kappa shape index (κ3) is 5.84. The minimum absolute atomic E-state index is 0.0930. The standard InChI is InChI=1S/C38H66O/c1-7-8-9-13-28-14-16-29(17-15-28)36-25-31(39)24-30-18-19-32-34-21-20-33(27(4)12-10-11-26(2)3)37(34,5)23-22-35(32)38(30,36)6/h18,26-29,31-36,39H,7-17,19-25H2,1-6H3/t27-,28-,29-,31-,32+,33-,34+,35+,36?,37-,38+/m1/s1. The normalized spacial score (nSPS) is 44.9. The highest BCUT2D eigenvalue weighted by atomic mass is 16.3. The summed E-state index contributed by atoms with van der Waals surface area (Å²) < 4.78 is 0. The summed E-state index contributed by atoms with van der Waals surface area (Å²) in [5, 5.41) is 11.1. The minimum Gasteiger partial charge on any atom is -0.393 e. The van der Waals surface area contributed by atoms with Gasteiger partial charge in [-0.25, -0.2) is 0 Å². The lowest BCUT2D eigenvalue weighted by molar-refractivity contribution is -0.0953.